The van der Waals surface area contributed by atoms with Crippen LogP contribution in [0.15, 0.2) is 42.0 Å². The molecule has 0 atom stereocenters. The van der Waals surface area contributed by atoms with Gasteiger partial charge in [-0.2, -0.15) is 5.10 Å². The number of H-pyrrole nitrogens is 1. The van der Waals surface area contributed by atoms with Gasteiger partial charge in [-0.1, -0.05) is 0 Å². The van der Waals surface area contributed by atoms with Gasteiger partial charge >= 0.3 is 0 Å². The quantitative estimate of drug-likeness (QED) is 0.676. The molecule has 0 unspecified atom stereocenters. The van der Waals surface area contributed by atoms with Crippen LogP contribution in [0.4, 0.5) is 4.39 Å². The molecule has 1 aliphatic rings. The Hall–Kier alpha value is -3.32. The lowest BCUT2D eigenvalue weighted by atomic mass is 10.00. The van der Waals surface area contributed by atoms with Crippen molar-refractivity contribution in [1.29, 1.82) is 0 Å². The average molecular weight is 410 g/mol. The van der Waals surface area contributed by atoms with Crippen LogP contribution in [-0.4, -0.2) is 38.1 Å². The van der Waals surface area contributed by atoms with Crippen LogP contribution in [0, 0.1) is 5.82 Å². The zero-order chi connectivity index (χ0) is 21.1. The molecule has 1 aromatic heterocycles. The standard InChI is InChI=1S/C23H23FN2O4/c1-27-18-4-5-19(20(24)11-18)21-10-17(25-26-21)7-14-6-15-8-22(28-2)23(29-3)9-16(15)13-30-12-14/h4-5,7-11H,6,12-13H2,1-3H3,(H,25,26)/b14-7+. The minimum atomic E-state index is -0.382. The number of ether oxygens (including phenoxy) is 4. The topological polar surface area (TPSA) is 65.6 Å². The van der Waals surface area contributed by atoms with E-state index in [1.165, 1.54) is 13.2 Å². The molecule has 2 heterocycles. The molecule has 0 spiro atoms. The zero-order valence-corrected chi connectivity index (χ0v) is 17.1. The van der Waals surface area contributed by atoms with Gasteiger partial charge in [0.15, 0.2) is 11.5 Å². The van der Waals surface area contributed by atoms with E-state index in [1.54, 1.807) is 26.4 Å². The summed E-state index contributed by atoms with van der Waals surface area (Å²) in [6.45, 7) is 0.989. The highest BCUT2D eigenvalue weighted by molar-refractivity contribution is 5.65. The second-order valence-electron chi connectivity index (χ2n) is 7.00. The molecular formula is C23H23FN2O4. The number of hydrogen-bond donors (Lipinski definition) is 1. The van der Waals surface area contributed by atoms with Gasteiger partial charge in [0, 0.05) is 11.6 Å². The third kappa shape index (κ3) is 4.02. The first kappa shape index (κ1) is 20.0. The molecule has 7 heteroatoms. The summed E-state index contributed by atoms with van der Waals surface area (Å²) in [6, 6.07) is 10.5. The molecule has 6 nitrogen and oxygen atoms in total. The number of methoxy groups -OCH3 is 3. The largest absolute Gasteiger partial charge is 0.497 e. The van der Waals surface area contributed by atoms with Crippen molar-refractivity contribution in [2.24, 2.45) is 0 Å². The number of fused-ring (bicyclic) bond motifs is 1. The summed E-state index contributed by atoms with van der Waals surface area (Å²) >= 11 is 0. The van der Waals surface area contributed by atoms with Gasteiger partial charge in [0.1, 0.15) is 11.6 Å². The summed E-state index contributed by atoms with van der Waals surface area (Å²) in [4.78, 5) is 0. The molecule has 0 aliphatic carbocycles. The number of aromatic amines is 1. The van der Waals surface area contributed by atoms with Crippen molar-refractivity contribution in [3.8, 4) is 28.5 Å². The van der Waals surface area contributed by atoms with Gasteiger partial charge in [-0.15, -0.1) is 0 Å². The molecule has 0 amide bonds. The molecule has 3 aromatic rings. The smallest absolute Gasteiger partial charge is 0.161 e. The maximum Gasteiger partial charge on any atom is 0.161 e. The second kappa shape index (κ2) is 8.59. The van der Waals surface area contributed by atoms with Crippen molar-refractivity contribution >= 4 is 6.08 Å². The fourth-order valence-electron chi connectivity index (χ4n) is 3.54. The first-order valence-electron chi connectivity index (χ1n) is 9.51. The van der Waals surface area contributed by atoms with Crippen LogP contribution in [0.1, 0.15) is 16.8 Å². The Balaban J connectivity index is 1.60. The van der Waals surface area contributed by atoms with E-state index in [2.05, 4.69) is 10.2 Å². The van der Waals surface area contributed by atoms with Gasteiger partial charge in [0.25, 0.3) is 0 Å². The predicted molar refractivity (Wildman–Crippen MR) is 111 cm³/mol. The van der Waals surface area contributed by atoms with Crippen LogP contribution in [-0.2, 0) is 17.8 Å². The molecule has 0 radical (unpaired) electrons. The molecule has 4 rings (SSSR count). The Morgan fingerprint density at radius 3 is 2.43 bits per heavy atom. The minimum Gasteiger partial charge on any atom is -0.497 e. The Morgan fingerprint density at radius 1 is 0.967 bits per heavy atom. The van der Waals surface area contributed by atoms with E-state index >= 15 is 0 Å². The SMILES string of the molecule is COc1ccc(-c2cc(/C=C3/COCc4cc(OC)c(OC)cc4C3)[nH]n2)c(F)c1. The lowest BCUT2D eigenvalue weighted by molar-refractivity contribution is 0.146. The summed E-state index contributed by atoms with van der Waals surface area (Å²) in [5, 5.41) is 7.23. The predicted octanol–water partition coefficient (Wildman–Crippen LogP) is 4.40. The van der Waals surface area contributed by atoms with Crippen LogP contribution < -0.4 is 14.2 Å². The highest BCUT2D eigenvalue weighted by Crippen LogP contribution is 2.34. The fourth-order valence-corrected chi connectivity index (χ4v) is 3.54. The average Bonchev–Trinajstić information content (AvgIpc) is 3.12. The monoisotopic (exact) mass is 410 g/mol. The fraction of sp³-hybridized carbons (Fsp3) is 0.261. The second-order valence-corrected chi connectivity index (χ2v) is 7.00. The zero-order valence-electron chi connectivity index (χ0n) is 17.1. The summed E-state index contributed by atoms with van der Waals surface area (Å²) in [5.74, 6) is 1.46. The minimum absolute atomic E-state index is 0.382. The van der Waals surface area contributed by atoms with Gasteiger partial charge in [-0.25, -0.2) is 4.39 Å². The van der Waals surface area contributed by atoms with Crippen molar-refractivity contribution < 1.29 is 23.3 Å². The van der Waals surface area contributed by atoms with Crippen molar-refractivity contribution in [3.63, 3.8) is 0 Å². The van der Waals surface area contributed by atoms with Gasteiger partial charge in [-0.3, -0.25) is 5.10 Å². The van der Waals surface area contributed by atoms with Gasteiger partial charge in [0.05, 0.1) is 45.9 Å². The van der Waals surface area contributed by atoms with Gasteiger partial charge < -0.3 is 18.9 Å². The number of rotatable bonds is 5. The van der Waals surface area contributed by atoms with Crippen LogP contribution in [0.5, 0.6) is 17.2 Å². The number of nitrogens with one attached hydrogen (secondary N) is 1. The molecule has 30 heavy (non-hydrogen) atoms. The highest BCUT2D eigenvalue weighted by Gasteiger charge is 2.17. The van der Waals surface area contributed by atoms with E-state index in [1.807, 2.05) is 24.3 Å². The lowest BCUT2D eigenvalue weighted by Crippen LogP contribution is -1.98. The summed E-state index contributed by atoms with van der Waals surface area (Å²) in [5.41, 5.74) is 4.99. The normalized spacial score (nSPS) is 14.9. The van der Waals surface area contributed by atoms with Crippen molar-refractivity contribution in [2.45, 2.75) is 13.0 Å². The lowest BCUT2D eigenvalue weighted by Gasteiger charge is -2.12. The van der Waals surface area contributed by atoms with Crippen molar-refractivity contribution in [2.75, 3.05) is 27.9 Å². The van der Waals surface area contributed by atoms with Crippen LogP contribution in [0.2, 0.25) is 0 Å². The summed E-state index contributed by atoms with van der Waals surface area (Å²) < 4.78 is 36.1. The number of hydrogen-bond acceptors (Lipinski definition) is 5. The Kier molecular flexibility index (Phi) is 5.72. The van der Waals surface area contributed by atoms with Crippen LogP contribution >= 0.6 is 0 Å². The molecule has 2 aromatic carbocycles. The number of halogens is 1. The van der Waals surface area contributed by atoms with Crippen molar-refractivity contribution in [1.82, 2.24) is 10.2 Å². The molecule has 1 N–H and O–H groups in total. The molecule has 0 saturated carbocycles. The molecule has 156 valence electrons. The first-order chi connectivity index (χ1) is 14.6. The van der Waals surface area contributed by atoms with Gasteiger partial charge in [-0.05, 0) is 59.5 Å². The first-order valence-corrected chi connectivity index (χ1v) is 9.51. The maximum atomic E-state index is 14.4. The van der Waals surface area contributed by atoms with E-state index in [0.717, 1.165) is 22.4 Å². The molecule has 0 saturated heterocycles. The molecule has 1 aliphatic heterocycles. The summed E-state index contributed by atoms with van der Waals surface area (Å²) in [6.07, 6.45) is 2.70. The molecule has 0 fully saturated rings. The third-order valence-corrected chi connectivity index (χ3v) is 5.08. The number of benzene rings is 2. The third-order valence-electron chi connectivity index (χ3n) is 5.08. The number of nitrogens with zero attached hydrogens (tertiary/aromatic N) is 1. The summed E-state index contributed by atoms with van der Waals surface area (Å²) in [7, 11) is 4.75. The van der Waals surface area contributed by atoms with Crippen molar-refractivity contribution in [3.05, 3.63) is 64.6 Å². The van der Waals surface area contributed by atoms with E-state index in [-0.39, 0.29) is 5.82 Å². The Labute approximate surface area is 174 Å². The van der Waals surface area contributed by atoms with Crippen LogP contribution in [0.25, 0.3) is 17.3 Å². The molecule has 0 bridgehead atoms. The highest BCUT2D eigenvalue weighted by atomic mass is 19.1. The van der Waals surface area contributed by atoms with Crippen LogP contribution in [0.3, 0.4) is 0 Å². The van der Waals surface area contributed by atoms with Gasteiger partial charge in [0.2, 0.25) is 0 Å². The van der Waals surface area contributed by atoms with E-state index in [9.17, 15) is 4.39 Å². The van der Waals surface area contributed by atoms with E-state index < -0.39 is 0 Å². The Bertz CT molecular complexity index is 1090. The maximum absolute atomic E-state index is 14.4. The molecular weight excluding hydrogens is 387 g/mol. The van der Waals surface area contributed by atoms with E-state index in [0.29, 0.717) is 48.1 Å². The number of aromatic nitrogens is 2. The van der Waals surface area contributed by atoms with E-state index in [4.69, 9.17) is 18.9 Å². The Morgan fingerprint density at radius 2 is 1.73 bits per heavy atom.